The highest BCUT2D eigenvalue weighted by Crippen LogP contribution is 2.38. The van der Waals surface area contributed by atoms with Crippen molar-refractivity contribution >= 4 is 17.5 Å². The molecular formula is C21H20F2N4O2. The molecule has 29 heavy (non-hydrogen) atoms. The molecule has 2 aromatic rings. The minimum Gasteiger partial charge on any atom is -0.348 e. The van der Waals surface area contributed by atoms with Crippen molar-refractivity contribution in [1.82, 2.24) is 15.3 Å². The first-order chi connectivity index (χ1) is 13.8. The second kappa shape index (κ2) is 7.35. The summed E-state index contributed by atoms with van der Waals surface area (Å²) in [7, 11) is 0. The standard InChI is InChI=1S/C21H20F2N4O2/c1-11-5-15(26-20(28)19-3-4-24-12(2)25-19)9-17-18(11)10-27(21(17)29)16-7-13(22)6-14(23)8-16/h3-4,6-8,11,15H,5,9-10H2,1-2H3,(H,26,28). The van der Waals surface area contributed by atoms with E-state index >= 15 is 0 Å². The highest BCUT2D eigenvalue weighted by Gasteiger charge is 2.39. The van der Waals surface area contributed by atoms with Gasteiger partial charge in [0.2, 0.25) is 0 Å². The predicted molar refractivity (Wildman–Crippen MR) is 102 cm³/mol. The van der Waals surface area contributed by atoms with Gasteiger partial charge in [-0.05, 0) is 49.5 Å². The number of rotatable bonds is 3. The molecule has 0 fully saturated rings. The number of anilines is 1. The van der Waals surface area contributed by atoms with E-state index < -0.39 is 11.6 Å². The number of hydrogen-bond acceptors (Lipinski definition) is 4. The van der Waals surface area contributed by atoms with Crippen LogP contribution in [0.4, 0.5) is 14.5 Å². The lowest BCUT2D eigenvalue weighted by Crippen LogP contribution is -2.39. The van der Waals surface area contributed by atoms with Gasteiger partial charge in [-0.1, -0.05) is 6.92 Å². The zero-order chi connectivity index (χ0) is 20.7. The maximum atomic E-state index is 13.6. The first kappa shape index (κ1) is 19.2. The summed E-state index contributed by atoms with van der Waals surface area (Å²) >= 11 is 0. The van der Waals surface area contributed by atoms with Crippen LogP contribution in [0.1, 0.15) is 36.1 Å². The second-order valence-corrected chi connectivity index (χ2v) is 7.52. The molecule has 2 unspecified atom stereocenters. The van der Waals surface area contributed by atoms with E-state index in [0.29, 0.717) is 30.8 Å². The number of nitrogens with one attached hydrogen (secondary N) is 1. The Labute approximate surface area is 166 Å². The molecule has 2 aliphatic rings. The summed E-state index contributed by atoms with van der Waals surface area (Å²) in [6.45, 7) is 4.01. The molecule has 0 saturated carbocycles. The lowest BCUT2D eigenvalue weighted by atomic mass is 9.82. The zero-order valence-electron chi connectivity index (χ0n) is 16.1. The van der Waals surface area contributed by atoms with E-state index in [-0.39, 0.29) is 35.2 Å². The van der Waals surface area contributed by atoms with Gasteiger partial charge >= 0.3 is 0 Å². The monoisotopic (exact) mass is 398 g/mol. The highest BCUT2D eigenvalue weighted by atomic mass is 19.1. The second-order valence-electron chi connectivity index (χ2n) is 7.52. The number of aryl methyl sites for hydroxylation is 1. The van der Waals surface area contributed by atoms with Crippen LogP contribution in [-0.4, -0.2) is 34.4 Å². The summed E-state index contributed by atoms with van der Waals surface area (Å²) in [6, 6.07) is 4.40. The van der Waals surface area contributed by atoms with Crippen LogP contribution in [0.25, 0.3) is 0 Å². The molecule has 1 aliphatic carbocycles. The molecule has 1 aromatic heterocycles. The minimum absolute atomic E-state index is 0.0588. The Kier molecular flexibility index (Phi) is 4.86. The largest absolute Gasteiger partial charge is 0.348 e. The number of halogens is 2. The number of carbonyl (C=O) groups is 2. The Balaban J connectivity index is 1.51. The molecule has 2 atom stereocenters. The topological polar surface area (TPSA) is 75.2 Å². The van der Waals surface area contributed by atoms with E-state index in [1.54, 1.807) is 13.0 Å². The zero-order valence-corrected chi connectivity index (χ0v) is 16.1. The van der Waals surface area contributed by atoms with Crippen molar-refractivity contribution in [2.24, 2.45) is 5.92 Å². The molecule has 6 nitrogen and oxygen atoms in total. The molecule has 150 valence electrons. The molecule has 8 heteroatoms. The Morgan fingerprint density at radius 2 is 1.97 bits per heavy atom. The van der Waals surface area contributed by atoms with Crippen molar-refractivity contribution in [3.63, 3.8) is 0 Å². The van der Waals surface area contributed by atoms with Crippen LogP contribution in [0, 0.1) is 24.5 Å². The lowest BCUT2D eigenvalue weighted by Gasteiger charge is -2.28. The van der Waals surface area contributed by atoms with Crippen molar-refractivity contribution in [1.29, 1.82) is 0 Å². The molecular weight excluding hydrogens is 378 g/mol. The van der Waals surface area contributed by atoms with Crippen molar-refractivity contribution in [2.45, 2.75) is 32.7 Å². The Bertz CT molecular complexity index is 1020. The van der Waals surface area contributed by atoms with Gasteiger partial charge in [-0.3, -0.25) is 9.59 Å². The average Bonchev–Trinajstić information content (AvgIpc) is 2.98. The number of amides is 2. The number of nitrogens with zero attached hydrogens (tertiary/aromatic N) is 3. The summed E-state index contributed by atoms with van der Waals surface area (Å²) in [5.74, 6) is -1.47. The maximum Gasteiger partial charge on any atom is 0.270 e. The number of benzene rings is 1. The van der Waals surface area contributed by atoms with Gasteiger partial charge in [-0.25, -0.2) is 18.7 Å². The van der Waals surface area contributed by atoms with Gasteiger partial charge in [-0.15, -0.1) is 0 Å². The van der Waals surface area contributed by atoms with Crippen LogP contribution >= 0.6 is 0 Å². The summed E-state index contributed by atoms with van der Waals surface area (Å²) in [5.41, 5.74) is 2.05. The van der Waals surface area contributed by atoms with Crippen molar-refractivity contribution in [3.05, 3.63) is 64.8 Å². The number of carbonyl (C=O) groups excluding carboxylic acids is 2. The van der Waals surface area contributed by atoms with Crippen molar-refractivity contribution in [3.8, 4) is 0 Å². The fourth-order valence-electron chi connectivity index (χ4n) is 4.06. The van der Waals surface area contributed by atoms with Crippen LogP contribution in [-0.2, 0) is 4.79 Å². The van der Waals surface area contributed by atoms with Gasteiger partial charge in [0, 0.05) is 30.4 Å². The van der Waals surface area contributed by atoms with E-state index in [2.05, 4.69) is 15.3 Å². The van der Waals surface area contributed by atoms with Crippen LogP contribution in [0.5, 0.6) is 0 Å². The van der Waals surface area contributed by atoms with Gasteiger partial charge in [0.15, 0.2) is 0 Å². The van der Waals surface area contributed by atoms with Gasteiger partial charge in [0.1, 0.15) is 23.2 Å². The quantitative estimate of drug-likeness (QED) is 0.863. The van der Waals surface area contributed by atoms with Crippen molar-refractivity contribution in [2.75, 3.05) is 11.4 Å². The Morgan fingerprint density at radius 1 is 1.24 bits per heavy atom. The predicted octanol–water partition coefficient (Wildman–Crippen LogP) is 2.93. The van der Waals surface area contributed by atoms with Crippen LogP contribution in [0.15, 0.2) is 41.6 Å². The SMILES string of the molecule is Cc1nccc(C(=O)NC2CC3=C(CN(c4cc(F)cc(F)c4)C3=O)C(C)C2)n1. The molecule has 0 saturated heterocycles. The van der Waals surface area contributed by atoms with Gasteiger partial charge in [0.25, 0.3) is 11.8 Å². The molecule has 0 spiro atoms. The summed E-state index contributed by atoms with van der Waals surface area (Å²) in [5, 5.41) is 2.94. The first-order valence-electron chi connectivity index (χ1n) is 9.42. The molecule has 1 aliphatic heterocycles. The molecule has 2 heterocycles. The summed E-state index contributed by atoms with van der Waals surface area (Å²) in [4.78, 5) is 35.0. The fraction of sp³-hybridized carbons (Fsp3) is 0.333. The summed E-state index contributed by atoms with van der Waals surface area (Å²) < 4.78 is 27.2. The Morgan fingerprint density at radius 3 is 2.66 bits per heavy atom. The van der Waals surface area contributed by atoms with Crippen LogP contribution in [0.3, 0.4) is 0 Å². The normalized spacial score (nSPS) is 21.4. The van der Waals surface area contributed by atoms with E-state index in [1.165, 1.54) is 11.1 Å². The number of aromatic nitrogens is 2. The van der Waals surface area contributed by atoms with Crippen molar-refractivity contribution < 1.29 is 18.4 Å². The smallest absolute Gasteiger partial charge is 0.270 e. The molecule has 1 aromatic carbocycles. The van der Waals surface area contributed by atoms with E-state index in [4.69, 9.17) is 0 Å². The Hall–Kier alpha value is -3.16. The number of hydrogen-bond donors (Lipinski definition) is 1. The van der Waals surface area contributed by atoms with Crippen LogP contribution in [0.2, 0.25) is 0 Å². The molecule has 2 amide bonds. The fourth-order valence-corrected chi connectivity index (χ4v) is 4.06. The summed E-state index contributed by atoms with van der Waals surface area (Å²) in [6.07, 6.45) is 2.58. The highest BCUT2D eigenvalue weighted by molar-refractivity contribution is 6.09. The van der Waals surface area contributed by atoms with E-state index in [9.17, 15) is 18.4 Å². The molecule has 1 N–H and O–H groups in total. The van der Waals surface area contributed by atoms with Crippen LogP contribution < -0.4 is 10.2 Å². The van der Waals surface area contributed by atoms with Gasteiger partial charge in [-0.2, -0.15) is 0 Å². The third kappa shape index (κ3) is 3.74. The molecule has 4 rings (SSSR count). The minimum atomic E-state index is -0.726. The van der Waals surface area contributed by atoms with Gasteiger partial charge in [0.05, 0.1) is 5.69 Å². The van der Waals surface area contributed by atoms with Gasteiger partial charge < -0.3 is 10.2 Å². The molecule has 0 bridgehead atoms. The molecule has 0 radical (unpaired) electrons. The van der Waals surface area contributed by atoms with E-state index in [1.807, 2.05) is 6.92 Å². The first-order valence-corrected chi connectivity index (χ1v) is 9.42. The maximum absolute atomic E-state index is 13.6. The third-order valence-corrected chi connectivity index (χ3v) is 5.41. The average molecular weight is 398 g/mol. The van der Waals surface area contributed by atoms with E-state index in [0.717, 1.165) is 23.8 Å². The third-order valence-electron chi connectivity index (χ3n) is 5.41. The lowest BCUT2D eigenvalue weighted by molar-refractivity contribution is -0.114.